The number of halogens is 1. The highest BCUT2D eigenvalue weighted by molar-refractivity contribution is 9.10. The second-order valence-corrected chi connectivity index (χ2v) is 7.02. The number of carbonyl (C=O) groups is 1. The van der Waals surface area contributed by atoms with Gasteiger partial charge in [-0.3, -0.25) is 4.79 Å². The molecule has 1 aromatic carbocycles. The Morgan fingerprint density at radius 1 is 1.32 bits per heavy atom. The van der Waals surface area contributed by atoms with E-state index in [2.05, 4.69) is 62.4 Å². The number of hydrogen-bond donors (Lipinski definition) is 1. The maximum atomic E-state index is 12.3. The lowest BCUT2D eigenvalue weighted by Gasteiger charge is -2.11. The molecule has 0 fully saturated rings. The molecule has 0 radical (unpaired) electrons. The van der Waals surface area contributed by atoms with E-state index in [4.69, 9.17) is 0 Å². The van der Waals surface area contributed by atoms with Crippen molar-refractivity contribution >= 4 is 43.4 Å². The van der Waals surface area contributed by atoms with Crippen LogP contribution in [-0.4, -0.2) is 17.0 Å². The minimum Gasteiger partial charge on any atom is -0.351 e. The molecule has 1 amide bonds. The summed E-state index contributed by atoms with van der Waals surface area (Å²) >= 11 is 5.25. The van der Waals surface area contributed by atoms with Gasteiger partial charge in [0.15, 0.2) is 0 Å². The fraction of sp³-hybridized carbons (Fsp3) is 0.235. The van der Waals surface area contributed by atoms with E-state index in [1.54, 1.807) is 11.3 Å². The van der Waals surface area contributed by atoms with Gasteiger partial charge in [0.05, 0.1) is 14.7 Å². The molecule has 3 aromatic rings. The summed E-state index contributed by atoms with van der Waals surface area (Å²) in [6.07, 6.45) is 0. The van der Waals surface area contributed by atoms with E-state index in [-0.39, 0.29) is 5.91 Å². The first-order valence-corrected chi connectivity index (χ1v) is 8.87. The van der Waals surface area contributed by atoms with Gasteiger partial charge in [-0.15, -0.1) is 11.3 Å². The van der Waals surface area contributed by atoms with Gasteiger partial charge in [-0.2, -0.15) is 0 Å². The second-order valence-electron chi connectivity index (χ2n) is 5.26. The van der Waals surface area contributed by atoms with E-state index in [9.17, 15) is 4.79 Å². The molecule has 3 nitrogen and oxygen atoms in total. The van der Waals surface area contributed by atoms with Gasteiger partial charge in [0, 0.05) is 18.5 Å². The Kier molecular flexibility index (Phi) is 4.36. The molecule has 0 aliphatic carbocycles. The molecule has 2 heterocycles. The Morgan fingerprint density at radius 2 is 2.05 bits per heavy atom. The van der Waals surface area contributed by atoms with Crippen molar-refractivity contribution in [3.63, 3.8) is 0 Å². The summed E-state index contributed by atoms with van der Waals surface area (Å²) in [6.45, 7) is 5.32. The molecule has 1 N–H and O–H groups in total. The van der Waals surface area contributed by atoms with Gasteiger partial charge in [-0.1, -0.05) is 29.8 Å². The van der Waals surface area contributed by atoms with Crippen LogP contribution < -0.4 is 5.32 Å². The van der Waals surface area contributed by atoms with E-state index in [1.165, 1.54) is 11.1 Å². The molecular formula is C17H17BrN2OS. The highest BCUT2D eigenvalue weighted by atomic mass is 79.9. The second kappa shape index (κ2) is 6.26. The zero-order chi connectivity index (χ0) is 15.7. The minimum absolute atomic E-state index is 0.0232. The van der Waals surface area contributed by atoms with Gasteiger partial charge >= 0.3 is 0 Å². The molecule has 114 valence electrons. The first kappa shape index (κ1) is 15.3. The van der Waals surface area contributed by atoms with Gasteiger partial charge in [-0.25, -0.2) is 0 Å². The molecule has 0 atom stereocenters. The third kappa shape index (κ3) is 2.83. The molecule has 2 aromatic heterocycles. The summed E-state index contributed by atoms with van der Waals surface area (Å²) in [5, 5.41) is 4.96. The predicted octanol–water partition coefficient (Wildman–Crippen LogP) is 4.57. The highest BCUT2D eigenvalue weighted by Gasteiger charge is 2.18. The third-order valence-corrected chi connectivity index (χ3v) is 5.43. The molecular weight excluding hydrogens is 360 g/mol. The van der Waals surface area contributed by atoms with Gasteiger partial charge in [0.2, 0.25) is 0 Å². The van der Waals surface area contributed by atoms with E-state index < -0.39 is 0 Å². The first-order valence-electron chi connectivity index (χ1n) is 7.20. The van der Waals surface area contributed by atoms with Crippen molar-refractivity contribution in [2.24, 2.45) is 0 Å². The molecule has 3 rings (SSSR count). The average Bonchev–Trinajstić information content (AvgIpc) is 3.03. The van der Waals surface area contributed by atoms with Crippen molar-refractivity contribution < 1.29 is 4.79 Å². The van der Waals surface area contributed by atoms with Crippen LogP contribution in [0.2, 0.25) is 0 Å². The summed E-state index contributed by atoms with van der Waals surface area (Å²) in [5.74, 6) is -0.0232. The van der Waals surface area contributed by atoms with E-state index >= 15 is 0 Å². The van der Waals surface area contributed by atoms with Crippen molar-refractivity contribution in [3.8, 4) is 0 Å². The van der Waals surface area contributed by atoms with Crippen molar-refractivity contribution in [1.29, 1.82) is 0 Å². The standard InChI is InChI=1S/C17H17BrN2OS/c1-3-19-17(21)14-8-15-16(13(18)10-22-15)20(14)9-12-6-4-11(2)5-7-12/h4-8,10H,3,9H2,1-2H3,(H,19,21). The van der Waals surface area contributed by atoms with Crippen LogP contribution in [0.4, 0.5) is 0 Å². The number of thiophene rings is 1. The van der Waals surface area contributed by atoms with Crippen LogP contribution in [0.5, 0.6) is 0 Å². The van der Waals surface area contributed by atoms with Crippen LogP contribution in [0.1, 0.15) is 28.5 Å². The summed E-state index contributed by atoms with van der Waals surface area (Å²) in [4.78, 5) is 12.3. The number of amides is 1. The molecule has 0 saturated carbocycles. The van der Waals surface area contributed by atoms with Crippen LogP contribution in [0, 0.1) is 6.92 Å². The Labute approximate surface area is 142 Å². The summed E-state index contributed by atoms with van der Waals surface area (Å²) < 4.78 is 4.25. The molecule has 22 heavy (non-hydrogen) atoms. The summed E-state index contributed by atoms with van der Waals surface area (Å²) in [5.41, 5.74) is 4.23. The van der Waals surface area contributed by atoms with Crippen LogP contribution in [0.25, 0.3) is 10.2 Å². The van der Waals surface area contributed by atoms with Crippen molar-refractivity contribution in [2.75, 3.05) is 6.54 Å². The SMILES string of the molecule is CCNC(=O)c1cc2scc(Br)c2n1Cc1ccc(C)cc1. The minimum atomic E-state index is -0.0232. The molecule has 5 heteroatoms. The molecule has 0 bridgehead atoms. The molecule has 0 spiro atoms. The fourth-order valence-electron chi connectivity index (χ4n) is 2.51. The zero-order valence-electron chi connectivity index (χ0n) is 12.5. The largest absolute Gasteiger partial charge is 0.351 e. The van der Waals surface area contributed by atoms with Crippen LogP contribution >= 0.6 is 27.3 Å². The number of nitrogens with one attached hydrogen (secondary N) is 1. The monoisotopic (exact) mass is 376 g/mol. The highest BCUT2D eigenvalue weighted by Crippen LogP contribution is 2.33. The number of benzene rings is 1. The lowest BCUT2D eigenvalue weighted by molar-refractivity contribution is 0.0947. The van der Waals surface area contributed by atoms with Crippen molar-refractivity contribution in [1.82, 2.24) is 9.88 Å². The lowest BCUT2D eigenvalue weighted by Crippen LogP contribution is -2.25. The number of carbonyl (C=O) groups excluding carboxylic acids is 1. The molecule has 0 aliphatic heterocycles. The van der Waals surface area contributed by atoms with E-state index in [0.29, 0.717) is 18.8 Å². The zero-order valence-corrected chi connectivity index (χ0v) is 14.9. The number of aromatic nitrogens is 1. The van der Waals surface area contributed by atoms with Crippen LogP contribution in [-0.2, 0) is 6.54 Å². The van der Waals surface area contributed by atoms with Gasteiger partial charge < -0.3 is 9.88 Å². The quantitative estimate of drug-likeness (QED) is 0.710. The topological polar surface area (TPSA) is 34.0 Å². The predicted molar refractivity (Wildman–Crippen MR) is 95.8 cm³/mol. The first-order chi connectivity index (χ1) is 10.6. The van der Waals surface area contributed by atoms with Crippen molar-refractivity contribution in [2.45, 2.75) is 20.4 Å². The van der Waals surface area contributed by atoms with E-state index in [0.717, 1.165) is 14.7 Å². The Hall–Kier alpha value is -1.59. The molecule has 0 aliphatic rings. The summed E-state index contributed by atoms with van der Waals surface area (Å²) in [7, 11) is 0. The van der Waals surface area contributed by atoms with Crippen molar-refractivity contribution in [3.05, 3.63) is 57.0 Å². The number of aryl methyl sites for hydroxylation is 1. The Bertz CT molecular complexity index is 817. The number of hydrogen-bond acceptors (Lipinski definition) is 2. The van der Waals surface area contributed by atoms with Crippen LogP contribution in [0.15, 0.2) is 40.2 Å². The van der Waals surface area contributed by atoms with Gasteiger partial charge in [-0.05, 0) is 41.4 Å². The smallest absolute Gasteiger partial charge is 0.267 e. The average molecular weight is 377 g/mol. The fourth-order valence-corrected chi connectivity index (χ4v) is 4.20. The number of fused-ring (bicyclic) bond motifs is 1. The van der Waals surface area contributed by atoms with Crippen LogP contribution in [0.3, 0.4) is 0 Å². The Morgan fingerprint density at radius 3 is 2.73 bits per heavy atom. The Balaban J connectivity index is 2.08. The summed E-state index contributed by atoms with van der Waals surface area (Å²) in [6, 6.07) is 10.4. The normalized spacial score (nSPS) is 11.0. The maximum Gasteiger partial charge on any atom is 0.267 e. The lowest BCUT2D eigenvalue weighted by atomic mass is 10.1. The van der Waals surface area contributed by atoms with Gasteiger partial charge in [0.25, 0.3) is 5.91 Å². The van der Waals surface area contributed by atoms with Gasteiger partial charge in [0.1, 0.15) is 5.69 Å². The number of nitrogens with zero attached hydrogens (tertiary/aromatic N) is 1. The number of rotatable bonds is 4. The van der Waals surface area contributed by atoms with E-state index in [1.807, 2.05) is 13.0 Å². The maximum absolute atomic E-state index is 12.3. The molecule has 0 unspecified atom stereocenters. The molecule has 0 saturated heterocycles. The third-order valence-electron chi connectivity index (χ3n) is 3.61.